The van der Waals surface area contributed by atoms with Crippen LogP contribution in [0, 0.1) is 0 Å². The molecular formula is C40H72O14. The molecule has 0 aromatic heterocycles. The Balaban J connectivity index is 1.67. The summed E-state index contributed by atoms with van der Waals surface area (Å²) in [6.07, 6.45) is 9.07. The minimum absolute atomic E-state index is 0.257. The number of ether oxygens (including phenoxy) is 13. The Morgan fingerprint density at radius 3 is 1.02 bits per heavy atom. The Morgan fingerprint density at radius 2 is 0.685 bits per heavy atom. The van der Waals surface area contributed by atoms with Gasteiger partial charge in [0.1, 0.15) is 19.0 Å². The van der Waals surface area contributed by atoms with Gasteiger partial charge in [0, 0.05) is 6.92 Å². The van der Waals surface area contributed by atoms with Crippen LogP contribution in [-0.4, -0.2) is 165 Å². The minimum Gasteiger partial charge on any atom is -0.491 e. The first-order valence-electron chi connectivity index (χ1n) is 19.9. The molecule has 0 bridgehead atoms. The summed E-state index contributed by atoms with van der Waals surface area (Å²) < 4.78 is 70.7. The summed E-state index contributed by atoms with van der Waals surface area (Å²) in [5.74, 6) is 0.570. The topological polar surface area (TPSA) is 137 Å². The van der Waals surface area contributed by atoms with E-state index in [-0.39, 0.29) is 12.6 Å². The second kappa shape index (κ2) is 42.2. The Bertz CT molecular complexity index is 892. The van der Waals surface area contributed by atoms with Gasteiger partial charge in [-0.2, -0.15) is 0 Å². The summed E-state index contributed by atoms with van der Waals surface area (Å²) in [6, 6.07) is 8.42. The highest BCUT2D eigenvalue weighted by molar-refractivity contribution is 5.65. The molecule has 14 heteroatoms. The summed E-state index contributed by atoms with van der Waals surface area (Å²) in [5, 5.41) is 0. The average molecular weight is 777 g/mol. The van der Waals surface area contributed by atoms with Crippen molar-refractivity contribution in [3.05, 3.63) is 29.8 Å². The molecule has 0 aliphatic rings. The molecule has 0 fully saturated rings. The van der Waals surface area contributed by atoms with Crippen molar-refractivity contribution in [1.29, 1.82) is 0 Å². The number of rotatable bonds is 44. The van der Waals surface area contributed by atoms with Gasteiger partial charge in [-0.3, -0.25) is 4.79 Å². The monoisotopic (exact) mass is 776 g/mol. The molecular weight excluding hydrogens is 704 g/mol. The standard InChI is InChI=1S/C40H72O14/c1-3-4-5-6-7-8-9-39-10-12-40(13-11-39)54-37-35-52-33-31-50-29-27-48-25-23-46-21-19-44-17-15-42-14-16-43-18-20-45-22-24-47-26-28-49-30-32-51-34-36-53-38(2)41/h10-13H,3-9,14-37H2,1-2H3. The summed E-state index contributed by atoms with van der Waals surface area (Å²) >= 11 is 0. The molecule has 14 nitrogen and oxygen atoms in total. The first-order valence-corrected chi connectivity index (χ1v) is 19.9. The van der Waals surface area contributed by atoms with Crippen molar-refractivity contribution in [1.82, 2.24) is 0 Å². The fraction of sp³-hybridized carbons (Fsp3) is 0.825. The Hall–Kier alpha value is -1.95. The van der Waals surface area contributed by atoms with Gasteiger partial charge in [-0.15, -0.1) is 0 Å². The lowest BCUT2D eigenvalue weighted by molar-refractivity contribution is -0.142. The summed E-state index contributed by atoms with van der Waals surface area (Å²) in [4.78, 5) is 10.6. The average Bonchev–Trinajstić information content (AvgIpc) is 3.17. The summed E-state index contributed by atoms with van der Waals surface area (Å²) in [5.41, 5.74) is 1.37. The third-order valence-corrected chi connectivity index (χ3v) is 7.49. The van der Waals surface area contributed by atoms with E-state index in [0.29, 0.717) is 152 Å². The maximum atomic E-state index is 10.6. The molecule has 0 N–H and O–H groups in total. The van der Waals surface area contributed by atoms with Crippen LogP contribution in [0.15, 0.2) is 24.3 Å². The number of aryl methyl sites for hydroxylation is 1. The van der Waals surface area contributed by atoms with Crippen molar-refractivity contribution < 1.29 is 66.4 Å². The van der Waals surface area contributed by atoms with Crippen molar-refractivity contribution in [3.63, 3.8) is 0 Å². The van der Waals surface area contributed by atoms with Crippen molar-refractivity contribution >= 4 is 5.97 Å². The molecule has 1 rings (SSSR count). The highest BCUT2D eigenvalue weighted by Crippen LogP contribution is 2.15. The lowest BCUT2D eigenvalue weighted by atomic mass is 10.0. The van der Waals surface area contributed by atoms with Gasteiger partial charge in [0.15, 0.2) is 0 Å². The van der Waals surface area contributed by atoms with Crippen LogP contribution >= 0.6 is 0 Å². The van der Waals surface area contributed by atoms with Crippen LogP contribution in [0.2, 0.25) is 0 Å². The highest BCUT2D eigenvalue weighted by Gasteiger charge is 2.00. The largest absolute Gasteiger partial charge is 0.491 e. The van der Waals surface area contributed by atoms with Crippen molar-refractivity contribution in [2.75, 3.05) is 159 Å². The first kappa shape index (κ1) is 50.1. The van der Waals surface area contributed by atoms with E-state index in [1.54, 1.807) is 0 Å². The van der Waals surface area contributed by atoms with Gasteiger partial charge in [-0.05, 0) is 30.5 Å². The smallest absolute Gasteiger partial charge is 0.302 e. The number of carbonyl (C=O) groups is 1. The zero-order chi connectivity index (χ0) is 38.7. The highest BCUT2D eigenvalue weighted by atomic mass is 16.6. The molecule has 0 unspecified atom stereocenters. The summed E-state index contributed by atoms with van der Waals surface area (Å²) in [6.45, 7) is 15.2. The Labute approximate surface area is 324 Å². The number of hydrogen-bond acceptors (Lipinski definition) is 14. The van der Waals surface area contributed by atoms with Gasteiger partial charge in [0.05, 0.1) is 145 Å². The molecule has 0 spiro atoms. The molecule has 0 saturated heterocycles. The second-order valence-electron chi connectivity index (χ2n) is 12.1. The molecule has 54 heavy (non-hydrogen) atoms. The molecule has 1 aromatic carbocycles. The number of benzene rings is 1. The van der Waals surface area contributed by atoms with Crippen LogP contribution in [0.3, 0.4) is 0 Å². The maximum absolute atomic E-state index is 10.6. The molecule has 0 saturated carbocycles. The van der Waals surface area contributed by atoms with Crippen LogP contribution < -0.4 is 4.74 Å². The third kappa shape index (κ3) is 38.3. The van der Waals surface area contributed by atoms with E-state index in [0.717, 1.165) is 12.2 Å². The number of hydrogen-bond donors (Lipinski definition) is 0. The molecule has 0 heterocycles. The van der Waals surface area contributed by atoms with E-state index < -0.39 is 0 Å². The first-order chi connectivity index (χ1) is 26.7. The van der Waals surface area contributed by atoms with Crippen LogP contribution in [0.4, 0.5) is 0 Å². The maximum Gasteiger partial charge on any atom is 0.302 e. The minimum atomic E-state index is -0.311. The predicted molar refractivity (Wildman–Crippen MR) is 205 cm³/mol. The molecule has 1 aromatic rings. The quantitative estimate of drug-likeness (QED) is 0.0668. The van der Waals surface area contributed by atoms with Crippen LogP contribution in [0.5, 0.6) is 5.75 Å². The lowest BCUT2D eigenvalue weighted by Gasteiger charge is -2.09. The van der Waals surface area contributed by atoms with Crippen molar-refractivity contribution in [2.24, 2.45) is 0 Å². The number of carbonyl (C=O) groups excluding carboxylic acids is 1. The van der Waals surface area contributed by atoms with Gasteiger partial charge in [0.25, 0.3) is 0 Å². The zero-order valence-corrected chi connectivity index (χ0v) is 33.4. The van der Waals surface area contributed by atoms with E-state index >= 15 is 0 Å². The lowest BCUT2D eigenvalue weighted by Crippen LogP contribution is -2.15. The van der Waals surface area contributed by atoms with Crippen molar-refractivity contribution in [3.8, 4) is 5.75 Å². The Morgan fingerprint density at radius 1 is 0.389 bits per heavy atom. The Kier molecular flexibility index (Phi) is 39.1. The van der Waals surface area contributed by atoms with E-state index in [1.807, 2.05) is 12.1 Å². The molecule has 0 aliphatic heterocycles. The van der Waals surface area contributed by atoms with Gasteiger partial charge in [-0.1, -0.05) is 51.2 Å². The van der Waals surface area contributed by atoms with Crippen LogP contribution in [0.25, 0.3) is 0 Å². The van der Waals surface area contributed by atoms with E-state index in [9.17, 15) is 4.79 Å². The second-order valence-corrected chi connectivity index (χ2v) is 12.1. The van der Waals surface area contributed by atoms with Gasteiger partial charge in [0.2, 0.25) is 0 Å². The predicted octanol–water partition coefficient (Wildman–Crippen LogP) is 4.71. The van der Waals surface area contributed by atoms with Gasteiger partial charge >= 0.3 is 5.97 Å². The number of unbranched alkanes of at least 4 members (excludes halogenated alkanes) is 5. The number of esters is 1. The van der Waals surface area contributed by atoms with E-state index in [4.69, 9.17) is 61.6 Å². The summed E-state index contributed by atoms with van der Waals surface area (Å²) in [7, 11) is 0. The van der Waals surface area contributed by atoms with Gasteiger partial charge in [-0.25, -0.2) is 0 Å². The van der Waals surface area contributed by atoms with Crippen molar-refractivity contribution in [2.45, 2.75) is 58.8 Å². The fourth-order valence-corrected chi connectivity index (χ4v) is 4.63. The van der Waals surface area contributed by atoms with Gasteiger partial charge < -0.3 is 61.6 Å². The third-order valence-electron chi connectivity index (χ3n) is 7.49. The normalized spacial score (nSPS) is 11.4. The van der Waals surface area contributed by atoms with Crippen LogP contribution in [-0.2, 0) is 68.1 Å². The van der Waals surface area contributed by atoms with E-state index in [1.165, 1.54) is 51.0 Å². The molecule has 316 valence electrons. The zero-order valence-electron chi connectivity index (χ0n) is 33.4. The molecule has 0 atom stereocenters. The fourth-order valence-electron chi connectivity index (χ4n) is 4.63. The van der Waals surface area contributed by atoms with Crippen LogP contribution in [0.1, 0.15) is 57.9 Å². The molecule has 0 aliphatic carbocycles. The SMILES string of the molecule is CCCCCCCCc1ccc(OCCOCCOCCOCCOCCOCCOCCOCCOCCOCCOCCOCCOC(C)=O)cc1. The van der Waals surface area contributed by atoms with E-state index in [2.05, 4.69) is 19.1 Å². The molecule has 0 radical (unpaired) electrons. The molecule has 0 amide bonds.